The van der Waals surface area contributed by atoms with E-state index in [-0.39, 0.29) is 0 Å². The number of hydrogen-bond donors (Lipinski definition) is 1. The van der Waals surface area contributed by atoms with Crippen LogP contribution in [0.3, 0.4) is 0 Å². The number of fused-ring (bicyclic) bond motifs is 1. The average Bonchev–Trinajstić information content (AvgIpc) is 3.37. The van der Waals surface area contributed by atoms with Gasteiger partial charge >= 0.3 is 0 Å². The maximum absolute atomic E-state index is 6.08. The molecule has 0 saturated carbocycles. The second-order valence-electron chi connectivity index (χ2n) is 8.82. The van der Waals surface area contributed by atoms with Crippen LogP contribution in [0.1, 0.15) is 6.42 Å². The third kappa shape index (κ3) is 5.55. The lowest BCUT2D eigenvalue weighted by Gasteiger charge is -2.32. The van der Waals surface area contributed by atoms with E-state index in [1.807, 2.05) is 65.2 Å². The van der Waals surface area contributed by atoms with Crippen LogP contribution >= 0.6 is 0 Å². The molecule has 2 aromatic carbocycles. The number of nitrogens with zero attached hydrogens (tertiary/aromatic N) is 5. The number of methoxy groups -OCH3 is 1. The summed E-state index contributed by atoms with van der Waals surface area (Å²) in [6.07, 6.45) is 4.66. The zero-order valence-electron chi connectivity index (χ0n) is 20.4. The minimum atomic E-state index is 0.658. The SMILES string of the molecule is COc1cc(-c2cc3nccn3c(Nc3ccccc3)n2)ccc1OCCCN1CCN(C)CC1. The predicted molar refractivity (Wildman–Crippen MR) is 139 cm³/mol. The summed E-state index contributed by atoms with van der Waals surface area (Å²) in [5.41, 5.74) is 3.52. The molecule has 8 nitrogen and oxygen atoms in total. The molecular formula is C27H32N6O2. The van der Waals surface area contributed by atoms with Crippen LogP contribution in [0.25, 0.3) is 16.9 Å². The van der Waals surface area contributed by atoms with Crippen molar-refractivity contribution in [1.29, 1.82) is 0 Å². The Balaban J connectivity index is 1.29. The first-order valence-corrected chi connectivity index (χ1v) is 12.1. The van der Waals surface area contributed by atoms with Crippen molar-refractivity contribution in [2.45, 2.75) is 6.42 Å². The fourth-order valence-corrected chi connectivity index (χ4v) is 4.30. The quantitative estimate of drug-likeness (QED) is 0.367. The normalized spacial score (nSPS) is 14.8. The van der Waals surface area contributed by atoms with Crippen molar-refractivity contribution in [3.8, 4) is 22.8 Å². The Bertz CT molecular complexity index is 1250. The van der Waals surface area contributed by atoms with Gasteiger partial charge in [-0.05, 0) is 43.8 Å². The lowest BCUT2D eigenvalue weighted by atomic mass is 10.1. The summed E-state index contributed by atoms with van der Waals surface area (Å²) in [6, 6.07) is 17.9. The van der Waals surface area contributed by atoms with E-state index in [4.69, 9.17) is 14.5 Å². The van der Waals surface area contributed by atoms with Gasteiger partial charge in [0, 0.05) is 62.4 Å². The van der Waals surface area contributed by atoms with Gasteiger partial charge in [0.1, 0.15) is 5.65 Å². The first-order valence-electron chi connectivity index (χ1n) is 12.1. The predicted octanol–water partition coefficient (Wildman–Crippen LogP) is 4.16. The summed E-state index contributed by atoms with van der Waals surface area (Å²) in [5, 5.41) is 3.40. The molecule has 1 aliphatic rings. The number of imidazole rings is 1. The summed E-state index contributed by atoms with van der Waals surface area (Å²) in [6.45, 7) is 6.24. The van der Waals surface area contributed by atoms with Crippen molar-refractivity contribution in [3.63, 3.8) is 0 Å². The molecule has 8 heteroatoms. The zero-order valence-corrected chi connectivity index (χ0v) is 20.4. The van der Waals surface area contributed by atoms with E-state index in [0.717, 1.165) is 67.5 Å². The van der Waals surface area contributed by atoms with Crippen molar-refractivity contribution >= 4 is 17.3 Å². The largest absolute Gasteiger partial charge is 0.493 e. The molecule has 1 fully saturated rings. The van der Waals surface area contributed by atoms with Gasteiger partial charge in [0.15, 0.2) is 11.5 Å². The number of para-hydroxylation sites is 1. The van der Waals surface area contributed by atoms with Crippen molar-refractivity contribution in [2.75, 3.05) is 58.8 Å². The highest BCUT2D eigenvalue weighted by Crippen LogP contribution is 2.33. The van der Waals surface area contributed by atoms with E-state index in [1.54, 1.807) is 13.3 Å². The van der Waals surface area contributed by atoms with Crippen molar-refractivity contribution in [3.05, 3.63) is 67.0 Å². The van der Waals surface area contributed by atoms with Crippen LogP contribution in [0.15, 0.2) is 67.0 Å². The van der Waals surface area contributed by atoms with Gasteiger partial charge in [-0.2, -0.15) is 0 Å². The first kappa shape index (κ1) is 23.1. The summed E-state index contributed by atoms with van der Waals surface area (Å²) in [5.74, 6) is 2.15. The number of hydrogen-bond acceptors (Lipinski definition) is 7. The zero-order chi connectivity index (χ0) is 24.0. The minimum absolute atomic E-state index is 0.658. The fourth-order valence-electron chi connectivity index (χ4n) is 4.30. The molecule has 1 saturated heterocycles. The van der Waals surface area contributed by atoms with Crippen LogP contribution in [0.5, 0.6) is 11.5 Å². The Morgan fingerprint density at radius 3 is 2.60 bits per heavy atom. The average molecular weight is 473 g/mol. The monoisotopic (exact) mass is 472 g/mol. The van der Waals surface area contributed by atoms with Gasteiger partial charge in [-0.15, -0.1) is 0 Å². The number of benzene rings is 2. The fraction of sp³-hybridized carbons (Fsp3) is 0.333. The minimum Gasteiger partial charge on any atom is -0.493 e. The molecule has 0 unspecified atom stereocenters. The molecule has 35 heavy (non-hydrogen) atoms. The second-order valence-corrected chi connectivity index (χ2v) is 8.82. The van der Waals surface area contributed by atoms with E-state index in [1.165, 1.54) is 0 Å². The molecular weight excluding hydrogens is 440 g/mol. The Labute approximate surface area is 206 Å². The Kier molecular flexibility index (Phi) is 7.11. The van der Waals surface area contributed by atoms with E-state index in [2.05, 4.69) is 27.1 Å². The van der Waals surface area contributed by atoms with Gasteiger partial charge in [0.2, 0.25) is 5.95 Å². The van der Waals surface area contributed by atoms with Gasteiger partial charge in [-0.1, -0.05) is 18.2 Å². The number of anilines is 2. The van der Waals surface area contributed by atoms with Gasteiger partial charge in [-0.3, -0.25) is 4.40 Å². The van der Waals surface area contributed by atoms with E-state index >= 15 is 0 Å². The van der Waals surface area contributed by atoms with Crippen LogP contribution in [0.2, 0.25) is 0 Å². The molecule has 3 heterocycles. The van der Waals surface area contributed by atoms with Crippen molar-refractivity contribution in [1.82, 2.24) is 24.2 Å². The van der Waals surface area contributed by atoms with Crippen molar-refractivity contribution < 1.29 is 9.47 Å². The van der Waals surface area contributed by atoms with E-state index < -0.39 is 0 Å². The Hall–Kier alpha value is -3.62. The van der Waals surface area contributed by atoms with Gasteiger partial charge in [0.05, 0.1) is 19.4 Å². The summed E-state index contributed by atoms with van der Waals surface area (Å²) >= 11 is 0. The molecule has 0 aliphatic carbocycles. The highest BCUT2D eigenvalue weighted by atomic mass is 16.5. The molecule has 1 N–H and O–H groups in total. The van der Waals surface area contributed by atoms with Crippen LogP contribution in [0.4, 0.5) is 11.6 Å². The summed E-state index contributed by atoms with van der Waals surface area (Å²) in [4.78, 5) is 14.2. The van der Waals surface area contributed by atoms with Crippen molar-refractivity contribution in [2.24, 2.45) is 0 Å². The highest BCUT2D eigenvalue weighted by Gasteiger charge is 2.14. The summed E-state index contributed by atoms with van der Waals surface area (Å²) in [7, 11) is 3.85. The van der Waals surface area contributed by atoms with E-state index in [0.29, 0.717) is 18.3 Å². The van der Waals surface area contributed by atoms with Crippen LogP contribution < -0.4 is 14.8 Å². The maximum atomic E-state index is 6.08. The Morgan fingerprint density at radius 2 is 1.80 bits per heavy atom. The molecule has 5 rings (SSSR count). The Morgan fingerprint density at radius 1 is 0.971 bits per heavy atom. The third-order valence-corrected chi connectivity index (χ3v) is 6.35. The molecule has 0 radical (unpaired) electrons. The lowest BCUT2D eigenvalue weighted by molar-refractivity contribution is 0.145. The molecule has 0 atom stereocenters. The highest BCUT2D eigenvalue weighted by molar-refractivity contribution is 5.70. The van der Waals surface area contributed by atoms with Gasteiger partial charge in [0.25, 0.3) is 0 Å². The van der Waals surface area contributed by atoms with Gasteiger partial charge in [-0.25, -0.2) is 9.97 Å². The second kappa shape index (κ2) is 10.8. The number of ether oxygens (including phenoxy) is 2. The van der Waals surface area contributed by atoms with Gasteiger partial charge < -0.3 is 24.6 Å². The number of piperazine rings is 1. The molecule has 4 aromatic rings. The maximum Gasteiger partial charge on any atom is 0.213 e. The molecule has 2 aromatic heterocycles. The van der Waals surface area contributed by atoms with E-state index in [9.17, 15) is 0 Å². The third-order valence-electron chi connectivity index (χ3n) is 6.35. The lowest BCUT2D eigenvalue weighted by Crippen LogP contribution is -2.44. The molecule has 182 valence electrons. The first-order chi connectivity index (χ1) is 17.2. The standard InChI is InChI=1S/C27H32N6O2/c1-31-14-16-32(17-15-31)12-6-18-35-24-10-9-21(19-25(24)34-2)23-20-26-28-11-13-33(26)27(30-23)29-22-7-4-3-5-8-22/h3-5,7-11,13,19-20H,6,12,14-18H2,1-2H3,(H,29,30). The molecule has 0 bridgehead atoms. The number of rotatable bonds is 9. The number of likely N-dealkylation sites (N-methyl/N-ethyl adjacent to an activating group) is 1. The molecule has 1 aliphatic heterocycles. The molecule has 0 amide bonds. The van der Waals surface area contributed by atoms with Crippen LogP contribution in [-0.4, -0.2) is 77.7 Å². The van der Waals surface area contributed by atoms with Crippen LogP contribution in [-0.2, 0) is 0 Å². The number of aromatic nitrogens is 3. The van der Waals surface area contributed by atoms with Crippen LogP contribution in [0, 0.1) is 0 Å². The smallest absolute Gasteiger partial charge is 0.213 e. The number of nitrogens with one attached hydrogen (secondary N) is 1. The topological polar surface area (TPSA) is 67.2 Å². The summed E-state index contributed by atoms with van der Waals surface area (Å²) < 4.78 is 13.7. The molecule has 0 spiro atoms.